The van der Waals surface area contributed by atoms with E-state index in [-0.39, 0.29) is 11.4 Å². The summed E-state index contributed by atoms with van der Waals surface area (Å²) in [6.45, 7) is 0. The summed E-state index contributed by atoms with van der Waals surface area (Å²) in [6.07, 6.45) is 0. The van der Waals surface area contributed by atoms with Crippen LogP contribution in [0.3, 0.4) is 0 Å². The molecule has 0 unspecified atom stereocenters. The Morgan fingerprint density at radius 3 is 2.36 bits per heavy atom. The van der Waals surface area contributed by atoms with Crippen molar-refractivity contribution in [1.29, 1.82) is 0 Å². The zero-order chi connectivity index (χ0) is 19.1. The van der Waals surface area contributed by atoms with Gasteiger partial charge in [0.2, 0.25) is 0 Å². The summed E-state index contributed by atoms with van der Waals surface area (Å²) in [5, 5.41) is 1.74. The van der Waals surface area contributed by atoms with E-state index in [4.69, 9.17) is 9.40 Å². The van der Waals surface area contributed by atoms with Gasteiger partial charge in [-0.25, -0.2) is 14.2 Å². The molecule has 134 valence electrons. The number of hydrogen-bond donors (Lipinski definition) is 0. The molecule has 0 saturated heterocycles. The molecule has 3 aromatic carbocycles. The van der Waals surface area contributed by atoms with E-state index < -0.39 is 0 Å². The average molecular weight is 367 g/mol. The molecule has 0 aliphatic heterocycles. The van der Waals surface area contributed by atoms with Gasteiger partial charge in [-0.15, -0.1) is 0 Å². The van der Waals surface area contributed by atoms with Gasteiger partial charge < -0.3 is 4.42 Å². The minimum atomic E-state index is -0.385. The third-order valence-corrected chi connectivity index (χ3v) is 4.80. The lowest BCUT2D eigenvalue weighted by atomic mass is 9.96. The molecule has 0 aliphatic rings. The van der Waals surface area contributed by atoms with Crippen molar-refractivity contribution in [3.63, 3.8) is 0 Å². The molecule has 0 spiro atoms. The Hall–Kier alpha value is -3.79. The van der Waals surface area contributed by atoms with E-state index in [0.29, 0.717) is 5.58 Å². The van der Waals surface area contributed by atoms with Crippen molar-refractivity contribution in [2.75, 3.05) is 0 Å². The fraction of sp³-hybridized carbons (Fsp3) is 0. The molecule has 5 aromatic rings. The Kier molecular flexibility index (Phi) is 3.76. The van der Waals surface area contributed by atoms with Crippen molar-refractivity contribution in [3.05, 3.63) is 101 Å². The second-order valence-corrected chi connectivity index (χ2v) is 6.55. The first-order valence-electron chi connectivity index (χ1n) is 8.88. The fourth-order valence-corrected chi connectivity index (χ4v) is 3.50. The molecular weight excluding hydrogens is 353 g/mol. The quantitative estimate of drug-likeness (QED) is 0.292. The Morgan fingerprint density at radius 2 is 1.57 bits per heavy atom. The SMILES string of the molecule is O=c1ccc2c(ccc3nc(-c4ccc(F)cc4)cc(-c4ccccc4)c32)o1. The van der Waals surface area contributed by atoms with Crippen LogP contribution in [-0.2, 0) is 0 Å². The van der Waals surface area contributed by atoms with Crippen molar-refractivity contribution in [2.45, 2.75) is 0 Å². The van der Waals surface area contributed by atoms with Crippen molar-refractivity contribution < 1.29 is 8.81 Å². The fourth-order valence-electron chi connectivity index (χ4n) is 3.50. The van der Waals surface area contributed by atoms with Crippen molar-refractivity contribution in [2.24, 2.45) is 0 Å². The highest BCUT2D eigenvalue weighted by atomic mass is 19.1. The van der Waals surface area contributed by atoms with Gasteiger partial charge in [-0.3, -0.25) is 0 Å². The molecule has 0 fully saturated rings. The Balaban J connectivity index is 1.89. The topological polar surface area (TPSA) is 43.1 Å². The summed E-state index contributed by atoms with van der Waals surface area (Å²) in [5.74, 6) is -0.283. The van der Waals surface area contributed by atoms with Gasteiger partial charge in [-0.05, 0) is 59.7 Å². The summed E-state index contributed by atoms with van der Waals surface area (Å²) >= 11 is 0. The smallest absolute Gasteiger partial charge is 0.336 e. The van der Waals surface area contributed by atoms with Gasteiger partial charge >= 0.3 is 5.63 Å². The van der Waals surface area contributed by atoms with E-state index in [9.17, 15) is 9.18 Å². The third-order valence-electron chi connectivity index (χ3n) is 4.80. The lowest BCUT2D eigenvalue weighted by Gasteiger charge is -2.12. The van der Waals surface area contributed by atoms with Gasteiger partial charge in [0.25, 0.3) is 0 Å². The largest absolute Gasteiger partial charge is 0.423 e. The van der Waals surface area contributed by atoms with Gasteiger partial charge in [0.1, 0.15) is 11.4 Å². The molecule has 0 aliphatic carbocycles. The van der Waals surface area contributed by atoms with Crippen LogP contribution in [0.25, 0.3) is 44.3 Å². The van der Waals surface area contributed by atoms with Gasteiger partial charge in [0.05, 0.1) is 11.2 Å². The van der Waals surface area contributed by atoms with Crippen LogP contribution in [-0.4, -0.2) is 4.98 Å². The summed E-state index contributed by atoms with van der Waals surface area (Å²) in [6, 6.07) is 25.1. The predicted molar refractivity (Wildman–Crippen MR) is 109 cm³/mol. The third kappa shape index (κ3) is 2.76. The minimum Gasteiger partial charge on any atom is -0.423 e. The number of halogens is 1. The summed E-state index contributed by atoms with van der Waals surface area (Å²) in [7, 11) is 0. The van der Waals surface area contributed by atoms with Gasteiger partial charge in [0.15, 0.2) is 0 Å². The maximum absolute atomic E-state index is 13.4. The Bertz CT molecular complexity index is 1370. The normalized spacial score (nSPS) is 11.2. The predicted octanol–water partition coefficient (Wildman–Crippen LogP) is 5.81. The number of aromatic nitrogens is 1. The second kappa shape index (κ2) is 6.43. The van der Waals surface area contributed by atoms with Gasteiger partial charge in [0, 0.05) is 22.4 Å². The van der Waals surface area contributed by atoms with Crippen LogP contribution in [0.2, 0.25) is 0 Å². The highest BCUT2D eigenvalue weighted by Gasteiger charge is 2.13. The second-order valence-electron chi connectivity index (χ2n) is 6.55. The first-order chi connectivity index (χ1) is 13.7. The first kappa shape index (κ1) is 16.4. The van der Waals surface area contributed by atoms with Crippen molar-refractivity contribution in [1.82, 2.24) is 4.98 Å². The van der Waals surface area contributed by atoms with Crippen LogP contribution < -0.4 is 5.63 Å². The molecule has 2 heterocycles. The van der Waals surface area contributed by atoms with E-state index in [2.05, 4.69) is 0 Å². The van der Waals surface area contributed by atoms with Crippen LogP contribution in [0, 0.1) is 5.82 Å². The van der Waals surface area contributed by atoms with Crippen LogP contribution in [0.5, 0.6) is 0 Å². The summed E-state index contributed by atoms with van der Waals surface area (Å²) in [5.41, 5.74) is 4.50. The van der Waals surface area contributed by atoms with Gasteiger partial charge in [-0.2, -0.15) is 0 Å². The van der Waals surface area contributed by atoms with E-state index in [1.807, 2.05) is 42.5 Å². The molecule has 0 radical (unpaired) electrons. The molecule has 5 rings (SSSR count). The first-order valence-corrected chi connectivity index (χ1v) is 8.88. The molecule has 0 N–H and O–H groups in total. The van der Waals surface area contributed by atoms with E-state index in [0.717, 1.165) is 38.7 Å². The lowest BCUT2D eigenvalue weighted by Crippen LogP contribution is -1.96. The number of hydrogen-bond acceptors (Lipinski definition) is 3. The standard InChI is InChI=1S/C24H14FNO2/c25-17-8-6-16(7-9-17)21-14-19(15-4-2-1-3-5-15)24-18-10-13-23(27)28-22(18)12-11-20(24)26-21/h1-14H. The maximum Gasteiger partial charge on any atom is 0.336 e. The minimum absolute atomic E-state index is 0.283. The molecule has 3 nitrogen and oxygen atoms in total. The van der Waals surface area contributed by atoms with E-state index in [1.54, 1.807) is 24.3 Å². The maximum atomic E-state index is 13.4. The average Bonchev–Trinajstić information content (AvgIpc) is 2.73. The highest BCUT2D eigenvalue weighted by Crippen LogP contribution is 2.36. The van der Waals surface area contributed by atoms with E-state index in [1.165, 1.54) is 18.2 Å². The molecule has 0 saturated carbocycles. The van der Waals surface area contributed by atoms with Crippen molar-refractivity contribution >= 4 is 21.9 Å². The molecule has 28 heavy (non-hydrogen) atoms. The van der Waals surface area contributed by atoms with Crippen LogP contribution in [0.15, 0.2) is 94.1 Å². The lowest BCUT2D eigenvalue weighted by molar-refractivity contribution is 0.561. The molecule has 2 aromatic heterocycles. The number of nitrogens with zero attached hydrogens (tertiary/aromatic N) is 1. The Labute approximate surface area is 159 Å². The summed E-state index contributed by atoms with van der Waals surface area (Å²) < 4.78 is 18.7. The van der Waals surface area contributed by atoms with Crippen LogP contribution in [0.1, 0.15) is 0 Å². The Morgan fingerprint density at radius 1 is 0.786 bits per heavy atom. The zero-order valence-electron chi connectivity index (χ0n) is 14.7. The van der Waals surface area contributed by atoms with E-state index >= 15 is 0 Å². The number of fused-ring (bicyclic) bond motifs is 3. The van der Waals surface area contributed by atoms with Gasteiger partial charge in [-0.1, -0.05) is 30.3 Å². The summed E-state index contributed by atoms with van der Waals surface area (Å²) in [4.78, 5) is 16.4. The zero-order valence-corrected chi connectivity index (χ0v) is 14.7. The highest BCUT2D eigenvalue weighted by molar-refractivity contribution is 6.12. The number of rotatable bonds is 2. The number of benzene rings is 3. The molecule has 4 heteroatoms. The molecule has 0 bridgehead atoms. The van der Waals surface area contributed by atoms with Crippen LogP contribution >= 0.6 is 0 Å². The molecule has 0 atom stereocenters. The molecular formula is C24H14FNO2. The number of pyridine rings is 1. The monoisotopic (exact) mass is 367 g/mol. The van der Waals surface area contributed by atoms with Crippen LogP contribution in [0.4, 0.5) is 4.39 Å². The van der Waals surface area contributed by atoms with Crippen molar-refractivity contribution in [3.8, 4) is 22.4 Å². The molecule has 0 amide bonds.